The van der Waals surface area contributed by atoms with Crippen LogP contribution in [0.1, 0.15) is 39.5 Å². The molecule has 98 valence electrons. The Balaban J connectivity index is 2.33. The van der Waals surface area contributed by atoms with Gasteiger partial charge in [-0.1, -0.05) is 26.0 Å². The van der Waals surface area contributed by atoms with E-state index in [1.807, 2.05) is 26.0 Å². The first-order valence-corrected chi connectivity index (χ1v) is 6.41. The highest BCUT2D eigenvalue weighted by Crippen LogP contribution is 2.34. The van der Waals surface area contributed by atoms with Crippen molar-refractivity contribution >= 4 is 17.8 Å². The van der Waals surface area contributed by atoms with Crippen molar-refractivity contribution in [2.75, 3.05) is 0 Å². The second-order valence-corrected chi connectivity index (χ2v) is 4.82. The molecule has 4 amide bonds. The summed E-state index contributed by atoms with van der Waals surface area (Å²) in [5, 5.41) is 2.33. The van der Waals surface area contributed by atoms with E-state index in [0.29, 0.717) is 25.7 Å². The van der Waals surface area contributed by atoms with Crippen LogP contribution in [-0.4, -0.2) is 28.8 Å². The van der Waals surface area contributed by atoms with Crippen LogP contribution < -0.4 is 5.32 Å². The molecule has 0 atom stereocenters. The molecule has 5 heteroatoms. The van der Waals surface area contributed by atoms with E-state index in [1.54, 1.807) is 0 Å². The Hall–Kier alpha value is -1.65. The van der Waals surface area contributed by atoms with E-state index in [4.69, 9.17) is 0 Å². The Morgan fingerprint density at radius 3 is 2.28 bits per heavy atom. The van der Waals surface area contributed by atoms with Gasteiger partial charge in [0.05, 0.1) is 0 Å². The minimum absolute atomic E-state index is 0.136. The van der Waals surface area contributed by atoms with Crippen molar-refractivity contribution in [2.24, 2.45) is 5.41 Å². The quantitative estimate of drug-likeness (QED) is 0.611. The van der Waals surface area contributed by atoms with Crippen LogP contribution in [0.25, 0.3) is 0 Å². The largest absolute Gasteiger partial charge is 0.331 e. The molecule has 1 fully saturated rings. The molecule has 1 saturated heterocycles. The van der Waals surface area contributed by atoms with Crippen LogP contribution in [0.4, 0.5) is 4.79 Å². The fourth-order valence-electron chi connectivity index (χ4n) is 2.72. The van der Waals surface area contributed by atoms with Crippen LogP contribution >= 0.6 is 0 Å². The summed E-state index contributed by atoms with van der Waals surface area (Å²) in [5.74, 6) is -0.792. The third-order valence-electron chi connectivity index (χ3n) is 4.06. The number of nitrogens with zero attached hydrogens (tertiary/aromatic N) is 1. The van der Waals surface area contributed by atoms with E-state index >= 15 is 0 Å². The van der Waals surface area contributed by atoms with Crippen molar-refractivity contribution in [3.05, 3.63) is 12.2 Å². The monoisotopic (exact) mass is 250 g/mol. The molecule has 18 heavy (non-hydrogen) atoms. The van der Waals surface area contributed by atoms with Gasteiger partial charge in [0.25, 0.3) is 0 Å². The SMILES string of the molecule is CCC1(CC)C(=O)NC(=O)N(C2CC=CC2)C1=O. The van der Waals surface area contributed by atoms with Gasteiger partial charge in [-0.3, -0.25) is 19.8 Å². The van der Waals surface area contributed by atoms with Gasteiger partial charge in [-0.15, -0.1) is 0 Å². The Kier molecular flexibility index (Phi) is 3.24. The van der Waals surface area contributed by atoms with Gasteiger partial charge >= 0.3 is 6.03 Å². The first-order chi connectivity index (χ1) is 8.56. The molecule has 2 rings (SSSR count). The average Bonchev–Trinajstić information content (AvgIpc) is 2.84. The van der Waals surface area contributed by atoms with Gasteiger partial charge in [0.1, 0.15) is 5.41 Å². The van der Waals surface area contributed by atoms with E-state index in [9.17, 15) is 14.4 Å². The van der Waals surface area contributed by atoms with Crippen molar-refractivity contribution in [3.8, 4) is 0 Å². The lowest BCUT2D eigenvalue weighted by molar-refractivity contribution is -0.153. The molecule has 0 spiro atoms. The fourth-order valence-corrected chi connectivity index (χ4v) is 2.72. The number of amides is 4. The molecule has 0 radical (unpaired) electrons. The van der Waals surface area contributed by atoms with Crippen LogP contribution in [-0.2, 0) is 9.59 Å². The molecule has 0 bridgehead atoms. The number of hydrogen-bond acceptors (Lipinski definition) is 3. The number of carbonyl (C=O) groups is 3. The van der Waals surface area contributed by atoms with Crippen molar-refractivity contribution in [2.45, 2.75) is 45.6 Å². The van der Waals surface area contributed by atoms with Crippen LogP contribution in [0.15, 0.2) is 12.2 Å². The molecule has 0 unspecified atom stereocenters. The van der Waals surface area contributed by atoms with E-state index in [2.05, 4.69) is 5.32 Å². The van der Waals surface area contributed by atoms with Crippen LogP contribution in [0.3, 0.4) is 0 Å². The molecule has 1 aliphatic carbocycles. The topological polar surface area (TPSA) is 66.5 Å². The van der Waals surface area contributed by atoms with E-state index in [0.717, 1.165) is 0 Å². The fraction of sp³-hybridized carbons (Fsp3) is 0.615. The predicted octanol–water partition coefficient (Wildman–Crippen LogP) is 1.59. The van der Waals surface area contributed by atoms with Gasteiger partial charge in [0.2, 0.25) is 11.8 Å². The van der Waals surface area contributed by atoms with Gasteiger partial charge in [-0.25, -0.2) is 4.79 Å². The van der Waals surface area contributed by atoms with Gasteiger partial charge < -0.3 is 0 Å². The molecule has 0 saturated carbocycles. The smallest absolute Gasteiger partial charge is 0.277 e. The van der Waals surface area contributed by atoms with Crippen molar-refractivity contribution < 1.29 is 14.4 Å². The number of nitrogens with one attached hydrogen (secondary N) is 1. The number of hydrogen-bond donors (Lipinski definition) is 1. The Morgan fingerprint density at radius 1 is 1.22 bits per heavy atom. The summed E-state index contributed by atoms with van der Waals surface area (Å²) < 4.78 is 0. The van der Waals surface area contributed by atoms with E-state index in [-0.39, 0.29) is 11.9 Å². The van der Waals surface area contributed by atoms with E-state index in [1.165, 1.54) is 4.90 Å². The molecule has 5 nitrogen and oxygen atoms in total. The van der Waals surface area contributed by atoms with Crippen LogP contribution in [0.5, 0.6) is 0 Å². The Bertz CT molecular complexity index is 416. The molecule has 1 aliphatic heterocycles. The van der Waals surface area contributed by atoms with Gasteiger partial charge in [0.15, 0.2) is 0 Å². The van der Waals surface area contributed by atoms with Gasteiger partial charge in [-0.05, 0) is 25.7 Å². The highest BCUT2D eigenvalue weighted by molar-refractivity contribution is 6.19. The first-order valence-electron chi connectivity index (χ1n) is 6.41. The van der Waals surface area contributed by atoms with Crippen molar-refractivity contribution in [1.82, 2.24) is 10.2 Å². The Morgan fingerprint density at radius 2 is 1.78 bits per heavy atom. The van der Waals surface area contributed by atoms with Crippen molar-refractivity contribution in [1.29, 1.82) is 0 Å². The summed E-state index contributed by atoms with van der Waals surface area (Å²) in [7, 11) is 0. The number of carbonyl (C=O) groups excluding carboxylic acids is 3. The lowest BCUT2D eigenvalue weighted by Gasteiger charge is -2.40. The van der Waals surface area contributed by atoms with Crippen LogP contribution in [0, 0.1) is 5.41 Å². The zero-order chi connectivity index (χ0) is 13.3. The molecule has 0 aromatic rings. The number of imide groups is 2. The summed E-state index contributed by atoms with van der Waals surface area (Å²) in [4.78, 5) is 37.6. The molecule has 0 aromatic carbocycles. The Labute approximate surface area is 106 Å². The van der Waals surface area contributed by atoms with E-state index < -0.39 is 17.4 Å². The highest BCUT2D eigenvalue weighted by atomic mass is 16.2. The summed E-state index contributed by atoms with van der Waals surface area (Å²) in [5.41, 5.74) is -1.07. The zero-order valence-electron chi connectivity index (χ0n) is 10.7. The second-order valence-electron chi connectivity index (χ2n) is 4.82. The lowest BCUT2D eigenvalue weighted by Crippen LogP contribution is -2.65. The minimum Gasteiger partial charge on any atom is -0.277 e. The average molecular weight is 250 g/mol. The zero-order valence-corrected chi connectivity index (χ0v) is 10.7. The summed E-state index contributed by atoms with van der Waals surface area (Å²) in [6, 6.07) is -0.709. The normalized spacial score (nSPS) is 23.7. The summed E-state index contributed by atoms with van der Waals surface area (Å²) in [6.07, 6.45) is 6.10. The summed E-state index contributed by atoms with van der Waals surface area (Å²) >= 11 is 0. The van der Waals surface area contributed by atoms with Crippen molar-refractivity contribution in [3.63, 3.8) is 0 Å². The third kappa shape index (κ3) is 1.65. The molecule has 1 heterocycles. The van der Waals surface area contributed by atoms with Gasteiger partial charge in [0, 0.05) is 6.04 Å². The molecular formula is C13H18N2O3. The maximum Gasteiger partial charge on any atom is 0.331 e. The first kappa shape index (κ1) is 12.8. The second kappa shape index (κ2) is 4.55. The van der Waals surface area contributed by atoms with Crippen LogP contribution in [0.2, 0.25) is 0 Å². The van der Waals surface area contributed by atoms with Gasteiger partial charge in [-0.2, -0.15) is 0 Å². The lowest BCUT2D eigenvalue weighted by atomic mass is 9.78. The maximum atomic E-state index is 12.5. The third-order valence-corrected chi connectivity index (χ3v) is 4.06. The summed E-state index contributed by atoms with van der Waals surface area (Å²) in [6.45, 7) is 3.61. The predicted molar refractivity (Wildman–Crippen MR) is 65.6 cm³/mol. The molecular weight excluding hydrogens is 232 g/mol. The molecule has 1 N–H and O–H groups in total. The highest BCUT2D eigenvalue weighted by Gasteiger charge is 2.52. The number of barbiturate groups is 1. The standard InChI is InChI=1S/C13H18N2O3/c1-3-13(4-2)10(16)14-12(18)15(11(13)17)9-7-5-6-8-9/h5-6,9H,3-4,7-8H2,1-2H3,(H,14,16,18). The molecule has 0 aromatic heterocycles. The minimum atomic E-state index is -1.07. The molecule has 2 aliphatic rings. The maximum absolute atomic E-state index is 12.5. The number of rotatable bonds is 3. The number of urea groups is 1.